The summed E-state index contributed by atoms with van der Waals surface area (Å²) in [4.78, 5) is 12.8. The van der Waals surface area contributed by atoms with Crippen molar-refractivity contribution in [1.82, 2.24) is 10.6 Å². The molecule has 1 amide bonds. The van der Waals surface area contributed by atoms with Crippen LogP contribution in [0.3, 0.4) is 0 Å². The van der Waals surface area contributed by atoms with Gasteiger partial charge in [0.25, 0.3) is 0 Å². The molecule has 0 aliphatic heterocycles. The summed E-state index contributed by atoms with van der Waals surface area (Å²) in [5, 5.41) is 13.7. The molecule has 2 aliphatic carbocycles. The highest BCUT2D eigenvalue weighted by Crippen LogP contribution is 2.41. The Morgan fingerprint density at radius 1 is 1.25 bits per heavy atom. The predicted octanol–water partition coefficient (Wildman–Crippen LogP) is 2.17. The third-order valence-corrected chi connectivity index (χ3v) is 6.19. The van der Waals surface area contributed by atoms with Crippen LogP contribution in [-0.2, 0) is 20.2 Å². The van der Waals surface area contributed by atoms with Gasteiger partial charge in [-0.3, -0.25) is 10.1 Å². The molecule has 0 saturated heterocycles. The Morgan fingerprint density at radius 2 is 1.84 bits per heavy atom. The highest BCUT2D eigenvalue weighted by atomic mass is 32.2. The molecule has 0 bridgehead atoms. The minimum absolute atomic E-state index is 0.241. The third kappa shape index (κ3) is 5.59. The quantitative estimate of drug-likeness (QED) is 0.469. The summed E-state index contributed by atoms with van der Waals surface area (Å²) in [7, 11) is -3.92. The topological polar surface area (TPSA) is 99.1 Å². The van der Waals surface area contributed by atoms with Crippen LogP contribution in [0.2, 0.25) is 0 Å². The SMILES string of the molecule is CS(=O)(=O)C[C@H](N[C@@](C#CC1CC1)(c1ccc(F)cc1)C(F)(F)F)C(=O)NC1(C#N)CC1. The van der Waals surface area contributed by atoms with Crippen LogP contribution in [0, 0.1) is 34.9 Å². The molecule has 32 heavy (non-hydrogen) atoms. The number of carbonyl (C=O) groups excluding carboxylic acids is 1. The minimum atomic E-state index is -5.09. The molecule has 1 aromatic carbocycles. The Morgan fingerprint density at radius 3 is 2.28 bits per heavy atom. The smallest absolute Gasteiger partial charge is 0.336 e. The van der Waals surface area contributed by atoms with Gasteiger partial charge in [-0.05, 0) is 43.4 Å². The van der Waals surface area contributed by atoms with Gasteiger partial charge in [0.1, 0.15) is 27.2 Å². The molecule has 2 aliphatic rings. The number of alkyl halides is 3. The first-order chi connectivity index (χ1) is 14.8. The molecule has 0 radical (unpaired) electrons. The molecule has 172 valence electrons. The number of halogens is 4. The van der Waals surface area contributed by atoms with Gasteiger partial charge < -0.3 is 5.32 Å². The Bertz CT molecular complexity index is 1090. The summed E-state index contributed by atoms with van der Waals surface area (Å²) in [6, 6.07) is 3.46. The standard InChI is InChI=1S/C21H21F4N3O3S/c1-32(30,31)12-17(18(29)28-19(13-26)10-11-19)27-20(21(23,24)25,9-8-14-2-3-14)15-4-6-16(22)7-5-15/h4-7,14,17,27H,2-3,10-12H2,1H3,(H,28,29)/t17-,20-/m0/s1. The van der Waals surface area contributed by atoms with Crippen molar-refractivity contribution in [3.63, 3.8) is 0 Å². The van der Waals surface area contributed by atoms with E-state index < -0.39 is 56.2 Å². The van der Waals surface area contributed by atoms with Gasteiger partial charge in [0.2, 0.25) is 11.4 Å². The number of benzene rings is 1. The fourth-order valence-corrected chi connectivity index (χ4v) is 3.95. The van der Waals surface area contributed by atoms with Crippen LogP contribution in [0.25, 0.3) is 0 Å². The van der Waals surface area contributed by atoms with E-state index in [1.54, 1.807) is 0 Å². The molecular formula is C21H21F4N3O3S. The number of rotatable bonds is 7. The maximum Gasteiger partial charge on any atom is 0.422 e. The number of hydrogen-bond acceptors (Lipinski definition) is 5. The van der Waals surface area contributed by atoms with E-state index >= 15 is 0 Å². The number of hydrogen-bond donors (Lipinski definition) is 2. The van der Waals surface area contributed by atoms with E-state index in [9.17, 15) is 36.0 Å². The van der Waals surface area contributed by atoms with Gasteiger partial charge >= 0.3 is 6.18 Å². The number of nitrogens with zero attached hydrogens (tertiary/aromatic N) is 1. The van der Waals surface area contributed by atoms with E-state index in [1.807, 2.05) is 6.07 Å². The van der Waals surface area contributed by atoms with Crippen molar-refractivity contribution >= 4 is 15.7 Å². The maximum atomic E-state index is 14.5. The lowest BCUT2D eigenvalue weighted by Crippen LogP contribution is -2.62. The van der Waals surface area contributed by atoms with Gasteiger partial charge in [-0.25, -0.2) is 12.8 Å². The average molecular weight is 471 g/mol. The molecule has 0 aromatic heterocycles. The van der Waals surface area contributed by atoms with Crippen LogP contribution in [-0.4, -0.2) is 44.1 Å². The first-order valence-corrected chi connectivity index (χ1v) is 11.9. The zero-order valence-electron chi connectivity index (χ0n) is 17.1. The molecule has 0 unspecified atom stereocenters. The first-order valence-electron chi connectivity index (χ1n) is 9.83. The molecule has 3 rings (SSSR count). The van der Waals surface area contributed by atoms with E-state index in [2.05, 4.69) is 22.5 Å². The zero-order valence-corrected chi connectivity index (χ0v) is 17.9. The third-order valence-electron chi connectivity index (χ3n) is 5.25. The summed E-state index contributed by atoms with van der Waals surface area (Å²) in [6.45, 7) is 0. The summed E-state index contributed by atoms with van der Waals surface area (Å²) in [6.07, 6.45) is -2.43. The Kier molecular flexibility index (Phi) is 6.29. The van der Waals surface area contributed by atoms with E-state index in [0.29, 0.717) is 25.7 Å². The fourth-order valence-electron chi connectivity index (χ4n) is 3.11. The van der Waals surface area contributed by atoms with Crippen LogP contribution in [0.15, 0.2) is 24.3 Å². The van der Waals surface area contributed by atoms with Gasteiger partial charge in [-0.1, -0.05) is 24.0 Å². The van der Waals surface area contributed by atoms with Crippen LogP contribution in [0.1, 0.15) is 31.2 Å². The van der Waals surface area contributed by atoms with Crippen LogP contribution >= 0.6 is 0 Å². The molecule has 2 fully saturated rings. The minimum Gasteiger partial charge on any atom is -0.336 e. The van der Waals surface area contributed by atoms with Crippen LogP contribution in [0.5, 0.6) is 0 Å². The van der Waals surface area contributed by atoms with Crippen molar-refractivity contribution in [2.24, 2.45) is 5.92 Å². The van der Waals surface area contributed by atoms with Crippen molar-refractivity contribution < 1.29 is 30.8 Å². The molecule has 6 nitrogen and oxygen atoms in total. The lowest BCUT2D eigenvalue weighted by Gasteiger charge is -2.36. The van der Waals surface area contributed by atoms with Crippen LogP contribution < -0.4 is 10.6 Å². The Hall–Kier alpha value is -2.63. The van der Waals surface area contributed by atoms with Gasteiger partial charge in [-0.15, -0.1) is 0 Å². The van der Waals surface area contributed by atoms with Crippen LogP contribution in [0.4, 0.5) is 17.6 Å². The molecule has 0 spiro atoms. The van der Waals surface area contributed by atoms with E-state index in [1.165, 1.54) is 0 Å². The molecule has 0 heterocycles. The lowest BCUT2D eigenvalue weighted by atomic mass is 9.88. The molecule has 1 aromatic rings. The second-order valence-electron chi connectivity index (χ2n) is 8.27. The molecule has 2 N–H and O–H groups in total. The van der Waals surface area contributed by atoms with E-state index in [4.69, 9.17) is 0 Å². The van der Waals surface area contributed by atoms with Gasteiger partial charge in [0, 0.05) is 12.2 Å². The second-order valence-corrected chi connectivity index (χ2v) is 10.5. The number of amides is 1. The van der Waals surface area contributed by atoms with Crippen molar-refractivity contribution in [3.8, 4) is 17.9 Å². The maximum absolute atomic E-state index is 14.5. The van der Waals surface area contributed by atoms with Crippen molar-refractivity contribution in [2.45, 2.75) is 49.0 Å². The van der Waals surface area contributed by atoms with E-state index in [0.717, 1.165) is 30.5 Å². The lowest BCUT2D eigenvalue weighted by molar-refractivity contribution is -0.184. The highest BCUT2D eigenvalue weighted by Gasteiger charge is 2.58. The normalized spacial score (nSPS) is 20.1. The first kappa shape index (κ1) is 24.0. The van der Waals surface area contributed by atoms with Crippen molar-refractivity contribution in [2.75, 3.05) is 12.0 Å². The fraction of sp³-hybridized carbons (Fsp3) is 0.524. The summed E-state index contributed by atoms with van der Waals surface area (Å²) >= 11 is 0. The Labute approximate surface area is 183 Å². The molecular weight excluding hydrogens is 450 g/mol. The monoisotopic (exact) mass is 471 g/mol. The predicted molar refractivity (Wildman–Crippen MR) is 107 cm³/mol. The Balaban J connectivity index is 2.08. The highest BCUT2D eigenvalue weighted by molar-refractivity contribution is 7.90. The number of nitrogens with one attached hydrogen (secondary N) is 2. The molecule has 2 saturated carbocycles. The summed E-state index contributed by atoms with van der Waals surface area (Å²) in [5.74, 6) is 1.70. The van der Waals surface area contributed by atoms with Gasteiger partial charge in [0.05, 0.1) is 11.8 Å². The van der Waals surface area contributed by atoms with Gasteiger partial charge in [0.15, 0.2) is 0 Å². The zero-order chi connectivity index (χ0) is 23.8. The number of carbonyl (C=O) groups is 1. The number of nitriles is 1. The van der Waals surface area contributed by atoms with E-state index in [-0.39, 0.29) is 5.92 Å². The molecule has 2 atom stereocenters. The van der Waals surface area contributed by atoms with Crippen molar-refractivity contribution in [3.05, 3.63) is 35.6 Å². The summed E-state index contributed by atoms with van der Waals surface area (Å²) < 4.78 is 80.8. The second kappa shape index (κ2) is 8.38. The van der Waals surface area contributed by atoms with Gasteiger partial charge in [-0.2, -0.15) is 18.4 Å². The number of sulfone groups is 1. The largest absolute Gasteiger partial charge is 0.422 e. The summed E-state index contributed by atoms with van der Waals surface area (Å²) in [5.41, 5.74) is -4.82. The van der Waals surface area contributed by atoms with Crippen molar-refractivity contribution in [1.29, 1.82) is 5.26 Å². The molecule has 11 heteroatoms. The average Bonchev–Trinajstić information content (AvgIpc) is 3.59.